The lowest BCUT2D eigenvalue weighted by Gasteiger charge is -2.29. The second-order valence-electron chi connectivity index (χ2n) is 4.61. The fourth-order valence-electron chi connectivity index (χ4n) is 2.03. The summed E-state index contributed by atoms with van der Waals surface area (Å²) in [6, 6.07) is 2.46. The van der Waals surface area contributed by atoms with Gasteiger partial charge < -0.3 is 15.0 Å². The van der Waals surface area contributed by atoms with Crippen molar-refractivity contribution in [1.29, 1.82) is 0 Å². The third-order valence-corrected chi connectivity index (χ3v) is 3.03. The number of piperazine rings is 1. The number of hydrogen-bond donors (Lipinski definition) is 1. The van der Waals surface area contributed by atoms with Crippen molar-refractivity contribution in [3.8, 4) is 5.88 Å². The van der Waals surface area contributed by atoms with Crippen molar-refractivity contribution < 1.29 is 17.9 Å². The Labute approximate surface area is 115 Å². The van der Waals surface area contributed by atoms with Gasteiger partial charge >= 0.3 is 6.18 Å². The van der Waals surface area contributed by atoms with Crippen LogP contribution in [0.2, 0.25) is 0 Å². The van der Waals surface area contributed by atoms with Crippen molar-refractivity contribution in [1.82, 2.24) is 10.3 Å². The van der Waals surface area contributed by atoms with Gasteiger partial charge in [0.25, 0.3) is 0 Å². The van der Waals surface area contributed by atoms with E-state index in [1.54, 1.807) is 0 Å². The second kappa shape index (κ2) is 6.30. The molecule has 0 spiro atoms. The Morgan fingerprint density at radius 1 is 1.30 bits per heavy atom. The zero-order valence-corrected chi connectivity index (χ0v) is 11.3. The summed E-state index contributed by atoms with van der Waals surface area (Å²) in [5.41, 5.74) is -0.815. The zero-order chi connectivity index (χ0) is 14.6. The first-order valence-corrected chi connectivity index (χ1v) is 6.69. The first-order valence-electron chi connectivity index (χ1n) is 6.69. The van der Waals surface area contributed by atoms with Crippen molar-refractivity contribution in [2.75, 3.05) is 37.7 Å². The molecule has 20 heavy (non-hydrogen) atoms. The van der Waals surface area contributed by atoms with Crippen LogP contribution in [0, 0.1) is 0 Å². The van der Waals surface area contributed by atoms with Crippen LogP contribution >= 0.6 is 0 Å². The molecule has 0 radical (unpaired) electrons. The van der Waals surface area contributed by atoms with Gasteiger partial charge in [0.15, 0.2) is 0 Å². The van der Waals surface area contributed by atoms with Gasteiger partial charge in [-0.05, 0) is 18.6 Å². The Morgan fingerprint density at radius 3 is 2.60 bits per heavy atom. The average molecular weight is 289 g/mol. The van der Waals surface area contributed by atoms with Crippen molar-refractivity contribution in [2.24, 2.45) is 0 Å². The van der Waals surface area contributed by atoms with Crippen molar-refractivity contribution >= 4 is 5.82 Å². The normalized spacial score (nSPS) is 16.3. The molecule has 0 atom stereocenters. The van der Waals surface area contributed by atoms with E-state index < -0.39 is 11.7 Å². The van der Waals surface area contributed by atoms with Crippen molar-refractivity contribution in [2.45, 2.75) is 19.5 Å². The minimum atomic E-state index is -4.45. The van der Waals surface area contributed by atoms with Gasteiger partial charge in [0.05, 0.1) is 6.61 Å². The Hall–Kier alpha value is -1.50. The number of nitrogens with one attached hydrogen (secondary N) is 1. The van der Waals surface area contributed by atoms with Gasteiger partial charge in [-0.15, -0.1) is 0 Å². The SMILES string of the molecule is CCCOc1nc(N2CCNCC2)ccc1C(F)(F)F. The summed E-state index contributed by atoms with van der Waals surface area (Å²) in [4.78, 5) is 6.01. The molecule has 4 nitrogen and oxygen atoms in total. The van der Waals surface area contributed by atoms with Gasteiger partial charge in [-0.2, -0.15) is 18.2 Å². The molecule has 2 rings (SSSR count). The molecule has 2 heterocycles. The maximum Gasteiger partial charge on any atom is 0.421 e. The van der Waals surface area contributed by atoms with Crippen LogP contribution < -0.4 is 15.0 Å². The number of aromatic nitrogens is 1. The van der Waals surface area contributed by atoms with E-state index >= 15 is 0 Å². The van der Waals surface area contributed by atoms with Crippen LogP contribution in [0.15, 0.2) is 12.1 Å². The molecule has 0 unspecified atom stereocenters. The highest BCUT2D eigenvalue weighted by Gasteiger charge is 2.35. The van der Waals surface area contributed by atoms with Crippen LogP contribution in [0.5, 0.6) is 5.88 Å². The van der Waals surface area contributed by atoms with E-state index in [1.807, 2.05) is 11.8 Å². The van der Waals surface area contributed by atoms with Gasteiger partial charge in [0, 0.05) is 26.2 Å². The van der Waals surface area contributed by atoms with E-state index in [9.17, 15) is 13.2 Å². The number of nitrogens with zero attached hydrogens (tertiary/aromatic N) is 2. The summed E-state index contributed by atoms with van der Waals surface area (Å²) in [6.07, 6.45) is -3.81. The molecule has 0 bridgehead atoms. The van der Waals surface area contributed by atoms with E-state index in [0.29, 0.717) is 12.2 Å². The first kappa shape index (κ1) is 14.9. The van der Waals surface area contributed by atoms with Crippen LogP contribution in [-0.2, 0) is 6.18 Å². The van der Waals surface area contributed by atoms with E-state index in [-0.39, 0.29) is 12.5 Å². The van der Waals surface area contributed by atoms with Crippen LogP contribution in [-0.4, -0.2) is 37.8 Å². The minimum absolute atomic E-state index is 0.223. The highest BCUT2D eigenvalue weighted by atomic mass is 19.4. The zero-order valence-electron chi connectivity index (χ0n) is 11.3. The third kappa shape index (κ3) is 3.53. The number of halogens is 3. The predicted octanol–water partition coefficient (Wildman–Crippen LogP) is 2.30. The van der Waals surface area contributed by atoms with Crippen LogP contribution in [0.4, 0.5) is 19.0 Å². The summed E-state index contributed by atoms with van der Waals surface area (Å²) < 4.78 is 43.9. The number of anilines is 1. The average Bonchev–Trinajstić information content (AvgIpc) is 2.44. The highest BCUT2D eigenvalue weighted by Crippen LogP contribution is 2.36. The molecule has 0 saturated carbocycles. The van der Waals surface area contributed by atoms with Crippen molar-refractivity contribution in [3.63, 3.8) is 0 Å². The van der Waals surface area contributed by atoms with Crippen LogP contribution in [0.25, 0.3) is 0 Å². The molecule has 0 amide bonds. The van der Waals surface area contributed by atoms with E-state index in [1.165, 1.54) is 6.07 Å². The monoisotopic (exact) mass is 289 g/mol. The molecular formula is C13H18F3N3O. The molecule has 0 aromatic carbocycles. The number of alkyl halides is 3. The quantitative estimate of drug-likeness (QED) is 0.923. The lowest BCUT2D eigenvalue weighted by Crippen LogP contribution is -2.43. The van der Waals surface area contributed by atoms with Crippen LogP contribution in [0.1, 0.15) is 18.9 Å². The van der Waals surface area contributed by atoms with E-state index in [0.717, 1.165) is 32.2 Å². The Kier molecular flexibility index (Phi) is 4.69. The molecule has 1 N–H and O–H groups in total. The molecule has 0 aliphatic carbocycles. The maximum atomic E-state index is 12.9. The van der Waals surface area contributed by atoms with Gasteiger partial charge in [-0.25, -0.2) is 0 Å². The van der Waals surface area contributed by atoms with E-state index in [4.69, 9.17) is 4.74 Å². The van der Waals surface area contributed by atoms with Gasteiger partial charge in [-0.1, -0.05) is 6.92 Å². The summed E-state index contributed by atoms with van der Waals surface area (Å²) in [5.74, 6) is 0.209. The third-order valence-electron chi connectivity index (χ3n) is 3.03. The van der Waals surface area contributed by atoms with Crippen LogP contribution in [0.3, 0.4) is 0 Å². The lowest BCUT2D eigenvalue weighted by atomic mass is 10.2. The molecule has 1 aliphatic rings. The van der Waals surface area contributed by atoms with Gasteiger partial charge in [-0.3, -0.25) is 0 Å². The maximum absolute atomic E-state index is 12.9. The molecule has 112 valence electrons. The predicted molar refractivity (Wildman–Crippen MR) is 70.1 cm³/mol. The number of pyridine rings is 1. The molecule has 7 heteroatoms. The van der Waals surface area contributed by atoms with E-state index in [2.05, 4.69) is 10.3 Å². The number of hydrogen-bond acceptors (Lipinski definition) is 4. The Balaban J connectivity index is 2.27. The molecule has 1 fully saturated rings. The van der Waals surface area contributed by atoms with Gasteiger partial charge in [0.1, 0.15) is 11.4 Å². The largest absolute Gasteiger partial charge is 0.477 e. The smallest absolute Gasteiger partial charge is 0.421 e. The summed E-state index contributed by atoms with van der Waals surface area (Å²) >= 11 is 0. The Bertz CT molecular complexity index is 445. The molecule has 1 aromatic rings. The number of ether oxygens (including phenoxy) is 1. The standard InChI is InChI=1S/C13H18F3N3O/c1-2-9-20-12-10(13(14,15)16)3-4-11(18-12)19-7-5-17-6-8-19/h3-4,17H,2,5-9H2,1H3. The van der Waals surface area contributed by atoms with Crippen molar-refractivity contribution in [3.05, 3.63) is 17.7 Å². The molecule has 1 saturated heterocycles. The summed E-state index contributed by atoms with van der Waals surface area (Å²) in [7, 11) is 0. The topological polar surface area (TPSA) is 37.4 Å². The number of rotatable bonds is 4. The second-order valence-corrected chi connectivity index (χ2v) is 4.61. The highest BCUT2D eigenvalue weighted by molar-refractivity contribution is 5.45. The molecule has 1 aromatic heterocycles. The van der Waals surface area contributed by atoms with Gasteiger partial charge in [0.2, 0.25) is 5.88 Å². The fraction of sp³-hybridized carbons (Fsp3) is 0.615. The Morgan fingerprint density at radius 2 is 2.00 bits per heavy atom. The molecule has 1 aliphatic heterocycles. The lowest BCUT2D eigenvalue weighted by molar-refractivity contribution is -0.139. The fourth-order valence-corrected chi connectivity index (χ4v) is 2.03. The minimum Gasteiger partial charge on any atom is -0.477 e. The first-order chi connectivity index (χ1) is 9.52. The summed E-state index contributed by atoms with van der Waals surface area (Å²) in [6.45, 7) is 5.12. The molecular weight excluding hydrogens is 271 g/mol. The summed E-state index contributed by atoms with van der Waals surface area (Å²) in [5, 5.41) is 3.19.